The standard InChI is InChI=1S/C21H24Cl2FN3O3S/c1-30-12-11-27(21(29)17-16(22)19(23)31-26-17)18(13-7-9-14(24)10-8-13)20(28)25-15-5-3-2-4-6-15/h7-10,15,18H,2-6,11-12H2,1H3,(H,25,28)/t18-/m1/s1. The zero-order chi connectivity index (χ0) is 22.4. The third-order valence-corrected chi connectivity index (χ3v) is 6.91. The van der Waals surface area contributed by atoms with Crippen molar-refractivity contribution in [3.05, 3.63) is 50.7 Å². The molecule has 1 heterocycles. The van der Waals surface area contributed by atoms with Crippen molar-refractivity contribution in [2.24, 2.45) is 0 Å². The summed E-state index contributed by atoms with van der Waals surface area (Å²) in [6.45, 7) is 0.302. The Balaban J connectivity index is 1.97. The Kier molecular flexibility index (Phi) is 8.66. The number of hydrogen-bond acceptors (Lipinski definition) is 5. The monoisotopic (exact) mass is 487 g/mol. The summed E-state index contributed by atoms with van der Waals surface area (Å²) in [7, 11) is 1.50. The van der Waals surface area contributed by atoms with Crippen LogP contribution in [-0.2, 0) is 9.53 Å². The summed E-state index contributed by atoms with van der Waals surface area (Å²) in [6, 6.07) is 4.58. The van der Waals surface area contributed by atoms with Gasteiger partial charge in [0.05, 0.1) is 6.61 Å². The highest BCUT2D eigenvalue weighted by Gasteiger charge is 2.35. The maximum absolute atomic E-state index is 13.6. The largest absolute Gasteiger partial charge is 0.383 e. The molecular formula is C21H24Cl2FN3O3S. The first kappa shape index (κ1) is 23.9. The average Bonchev–Trinajstić information content (AvgIpc) is 3.10. The summed E-state index contributed by atoms with van der Waals surface area (Å²) in [5, 5.41) is 3.12. The number of carbonyl (C=O) groups excluding carboxylic acids is 2. The molecule has 0 aliphatic heterocycles. The SMILES string of the molecule is COCCN(C(=O)c1nsc(Cl)c1Cl)[C@@H](C(=O)NC1CCCCC1)c1ccc(F)cc1. The number of methoxy groups -OCH3 is 1. The van der Waals surface area contributed by atoms with Crippen molar-refractivity contribution in [1.29, 1.82) is 0 Å². The minimum Gasteiger partial charge on any atom is -0.383 e. The fraction of sp³-hybridized carbons (Fsp3) is 0.476. The third kappa shape index (κ3) is 5.94. The van der Waals surface area contributed by atoms with Crippen LogP contribution >= 0.6 is 34.7 Å². The molecular weight excluding hydrogens is 464 g/mol. The second kappa shape index (κ2) is 11.2. The minimum absolute atomic E-state index is 0.0228. The number of rotatable bonds is 8. The number of carbonyl (C=O) groups is 2. The second-order valence-electron chi connectivity index (χ2n) is 7.41. The van der Waals surface area contributed by atoms with Gasteiger partial charge in [0.2, 0.25) is 5.91 Å². The predicted molar refractivity (Wildman–Crippen MR) is 119 cm³/mol. The topological polar surface area (TPSA) is 71.5 Å². The first-order valence-corrected chi connectivity index (χ1v) is 11.6. The van der Waals surface area contributed by atoms with E-state index < -0.39 is 17.8 Å². The van der Waals surface area contributed by atoms with Gasteiger partial charge >= 0.3 is 0 Å². The summed E-state index contributed by atoms with van der Waals surface area (Å²) in [5.74, 6) is -1.31. The molecule has 0 bridgehead atoms. The highest BCUT2D eigenvalue weighted by atomic mass is 35.5. The van der Waals surface area contributed by atoms with Gasteiger partial charge in [-0.1, -0.05) is 54.6 Å². The number of amides is 2. The highest BCUT2D eigenvalue weighted by molar-refractivity contribution is 7.11. The molecule has 0 saturated heterocycles. The zero-order valence-electron chi connectivity index (χ0n) is 17.1. The Hall–Kier alpha value is -1.74. The van der Waals surface area contributed by atoms with Gasteiger partial charge in [-0.15, -0.1) is 0 Å². The number of benzene rings is 1. The smallest absolute Gasteiger partial charge is 0.276 e. The average molecular weight is 488 g/mol. The van der Waals surface area contributed by atoms with Gasteiger partial charge in [0, 0.05) is 19.7 Å². The lowest BCUT2D eigenvalue weighted by molar-refractivity contribution is -0.127. The summed E-state index contributed by atoms with van der Waals surface area (Å²) in [5.41, 5.74) is 0.460. The highest BCUT2D eigenvalue weighted by Crippen LogP contribution is 2.32. The molecule has 10 heteroatoms. The Morgan fingerprint density at radius 2 is 1.94 bits per heavy atom. The van der Waals surface area contributed by atoms with Crippen molar-refractivity contribution < 1.29 is 18.7 Å². The maximum Gasteiger partial charge on any atom is 0.276 e. The van der Waals surface area contributed by atoms with Crippen LogP contribution in [0.2, 0.25) is 9.36 Å². The van der Waals surface area contributed by atoms with Crippen molar-refractivity contribution in [1.82, 2.24) is 14.6 Å². The molecule has 3 rings (SSSR count). The molecule has 2 aromatic rings. The van der Waals surface area contributed by atoms with E-state index in [2.05, 4.69) is 9.69 Å². The lowest BCUT2D eigenvalue weighted by Crippen LogP contribution is -2.48. The number of aromatic nitrogens is 1. The van der Waals surface area contributed by atoms with Crippen LogP contribution in [0.1, 0.15) is 54.2 Å². The fourth-order valence-corrected chi connectivity index (χ4v) is 4.70. The van der Waals surface area contributed by atoms with Crippen molar-refractivity contribution in [3.8, 4) is 0 Å². The number of hydrogen-bond donors (Lipinski definition) is 1. The minimum atomic E-state index is -0.998. The quantitative estimate of drug-likeness (QED) is 0.576. The van der Waals surface area contributed by atoms with Crippen LogP contribution in [0, 0.1) is 5.82 Å². The molecule has 1 aromatic carbocycles. The van der Waals surface area contributed by atoms with Gasteiger partial charge in [0.15, 0.2) is 5.69 Å². The van der Waals surface area contributed by atoms with Crippen LogP contribution in [-0.4, -0.2) is 47.4 Å². The molecule has 168 valence electrons. The van der Waals surface area contributed by atoms with Crippen molar-refractivity contribution >= 4 is 46.5 Å². The van der Waals surface area contributed by atoms with E-state index in [0.717, 1.165) is 43.6 Å². The van der Waals surface area contributed by atoms with Gasteiger partial charge in [-0.05, 0) is 42.1 Å². The Morgan fingerprint density at radius 3 is 2.52 bits per heavy atom. The Labute approximate surface area is 194 Å². The van der Waals surface area contributed by atoms with Gasteiger partial charge in [0.25, 0.3) is 5.91 Å². The Morgan fingerprint density at radius 1 is 1.26 bits per heavy atom. The normalized spacial score (nSPS) is 15.5. The van der Waals surface area contributed by atoms with Gasteiger partial charge in [-0.2, -0.15) is 4.37 Å². The molecule has 0 radical (unpaired) electrons. The molecule has 1 aliphatic rings. The molecule has 1 aromatic heterocycles. The van der Waals surface area contributed by atoms with Gasteiger partial charge in [-0.3, -0.25) is 9.59 Å². The van der Waals surface area contributed by atoms with Crippen LogP contribution in [0.15, 0.2) is 24.3 Å². The van der Waals surface area contributed by atoms with Crippen LogP contribution in [0.3, 0.4) is 0 Å². The lowest BCUT2D eigenvalue weighted by Gasteiger charge is -2.33. The van der Waals surface area contributed by atoms with Gasteiger partial charge in [-0.25, -0.2) is 4.39 Å². The molecule has 1 N–H and O–H groups in total. The molecule has 1 saturated carbocycles. The number of nitrogens with one attached hydrogen (secondary N) is 1. The summed E-state index contributed by atoms with van der Waals surface area (Å²) in [6.07, 6.45) is 5.02. The molecule has 2 amide bonds. The van der Waals surface area contributed by atoms with Crippen LogP contribution in [0.5, 0.6) is 0 Å². The van der Waals surface area contributed by atoms with E-state index in [0.29, 0.717) is 5.56 Å². The van der Waals surface area contributed by atoms with Crippen LogP contribution in [0.4, 0.5) is 4.39 Å². The molecule has 1 aliphatic carbocycles. The third-order valence-electron chi connectivity index (χ3n) is 5.29. The fourth-order valence-electron chi connectivity index (χ4n) is 3.71. The first-order valence-electron chi connectivity index (χ1n) is 10.1. The Bertz CT molecular complexity index is 904. The van der Waals surface area contributed by atoms with E-state index in [1.54, 1.807) is 0 Å². The van der Waals surface area contributed by atoms with Crippen molar-refractivity contribution in [2.75, 3.05) is 20.3 Å². The van der Waals surface area contributed by atoms with E-state index >= 15 is 0 Å². The van der Waals surface area contributed by atoms with E-state index in [4.69, 9.17) is 27.9 Å². The van der Waals surface area contributed by atoms with Crippen molar-refractivity contribution in [2.45, 2.75) is 44.2 Å². The van der Waals surface area contributed by atoms with E-state index in [1.165, 1.54) is 36.3 Å². The number of halogens is 3. The summed E-state index contributed by atoms with van der Waals surface area (Å²) >= 11 is 13.1. The van der Waals surface area contributed by atoms with Gasteiger partial charge in [0.1, 0.15) is 21.2 Å². The summed E-state index contributed by atoms with van der Waals surface area (Å²) in [4.78, 5) is 28.1. The number of nitrogens with zero attached hydrogens (tertiary/aromatic N) is 2. The molecule has 1 fully saturated rings. The molecule has 1 atom stereocenters. The lowest BCUT2D eigenvalue weighted by atomic mass is 9.94. The van der Waals surface area contributed by atoms with Crippen molar-refractivity contribution in [3.63, 3.8) is 0 Å². The second-order valence-corrected chi connectivity index (χ2v) is 9.16. The maximum atomic E-state index is 13.6. The van der Waals surface area contributed by atoms with Crippen LogP contribution in [0.25, 0.3) is 0 Å². The molecule has 31 heavy (non-hydrogen) atoms. The van der Waals surface area contributed by atoms with E-state index in [-0.39, 0.29) is 40.2 Å². The number of ether oxygens (including phenoxy) is 1. The predicted octanol–water partition coefficient (Wildman–Crippen LogP) is 4.87. The van der Waals surface area contributed by atoms with Gasteiger partial charge < -0.3 is 15.0 Å². The molecule has 0 spiro atoms. The summed E-state index contributed by atoms with van der Waals surface area (Å²) < 4.78 is 23.0. The molecule has 0 unspecified atom stereocenters. The molecule has 6 nitrogen and oxygen atoms in total. The van der Waals surface area contributed by atoms with E-state index in [1.807, 2.05) is 0 Å². The van der Waals surface area contributed by atoms with Crippen LogP contribution < -0.4 is 5.32 Å². The van der Waals surface area contributed by atoms with E-state index in [9.17, 15) is 14.0 Å². The first-order chi connectivity index (χ1) is 14.9. The zero-order valence-corrected chi connectivity index (χ0v) is 19.4.